The minimum absolute atomic E-state index is 0.150. The number of rotatable bonds is 4. The molecule has 0 aliphatic heterocycles. The molecule has 0 aromatic carbocycles. The largest absolute Gasteiger partial charge is 0.271 e. The average Bonchev–Trinajstić information content (AvgIpc) is 2.75. The molecule has 0 saturated carbocycles. The number of nitrogens with one attached hydrogen (secondary N) is 1. The van der Waals surface area contributed by atoms with E-state index in [1.54, 1.807) is 10.9 Å². The number of hydrazone groups is 1. The van der Waals surface area contributed by atoms with E-state index in [1.165, 1.54) is 6.21 Å². The molecule has 0 aliphatic carbocycles. The van der Waals surface area contributed by atoms with Crippen LogP contribution in [0.15, 0.2) is 35.6 Å². The lowest BCUT2D eigenvalue weighted by molar-refractivity contribution is -0.121. The molecule has 1 amide bonds. The zero-order chi connectivity index (χ0) is 13.7. The number of amides is 1. The van der Waals surface area contributed by atoms with Crippen LogP contribution >= 0.6 is 0 Å². The molecule has 2 aromatic heterocycles. The summed E-state index contributed by atoms with van der Waals surface area (Å²) in [4.78, 5) is 15.9. The summed E-state index contributed by atoms with van der Waals surface area (Å²) >= 11 is 0. The van der Waals surface area contributed by atoms with E-state index in [4.69, 9.17) is 0 Å². The number of nitrogens with zero attached hydrogens (tertiary/aromatic N) is 4. The molecular weight excluding hydrogens is 242 g/mol. The lowest BCUT2D eigenvalue weighted by atomic mass is 10.3. The van der Waals surface area contributed by atoms with Crippen molar-refractivity contribution in [2.75, 3.05) is 0 Å². The van der Waals surface area contributed by atoms with Crippen LogP contribution < -0.4 is 5.43 Å². The van der Waals surface area contributed by atoms with E-state index in [9.17, 15) is 4.79 Å². The predicted molar refractivity (Wildman–Crippen MR) is 71.7 cm³/mol. The normalized spacial score (nSPS) is 10.8. The van der Waals surface area contributed by atoms with E-state index in [2.05, 4.69) is 20.6 Å². The molecule has 0 unspecified atom stereocenters. The molecule has 0 fully saturated rings. The van der Waals surface area contributed by atoms with Gasteiger partial charge in [0.15, 0.2) is 0 Å². The summed E-state index contributed by atoms with van der Waals surface area (Å²) in [5, 5.41) is 7.89. The molecule has 2 heterocycles. The molecule has 6 heteroatoms. The fourth-order valence-electron chi connectivity index (χ4n) is 1.54. The Bertz CT molecular complexity index is 603. The number of carbonyl (C=O) groups is 1. The molecule has 0 radical (unpaired) electrons. The summed E-state index contributed by atoms with van der Waals surface area (Å²) in [5.41, 5.74) is 4.99. The highest BCUT2D eigenvalue weighted by Gasteiger charge is 2.03. The highest BCUT2D eigenvalue weighted by atomic mass is 16.2. The van der Waals surface area contributed by atoms with Crippen LogP contribution in [0.1, 0.15) is 17.1 Å². The second-order valence-corrected chi connectivity index (χ2v) is 4.13. The van der Waals surface area contributed by atoms with Gasteiger partial charge in [-0.2, -0.15) is 10.2 Å². The van der Waals surface area contributed by atoms with Crippen LogP contribution in [0, 0.1) is 13.8 Å². The zero-order valence-corrected chi connectivity index (χ0v) is 10.9. The van der Waals surface area contributed by atoms with Crippen molar-refractivity contribution >= 4 is 12.1 Å². The summed E-state index contributed by atoms with van der Waals surface area (Å²) in [7, 11) is 0. The summed E-state index contributed by atoms with van der Waals surface area (Å²) in [6.07, 6.45) is 3.17. The van der Waals surface area contributed by atoms with Crippen LogP contribution in [0.2, 0.25) is 0 Å². The van der Waals surface area contributed by atoms with E-state index in [0.717, 1.165) is 11.4 Å². The lowest BCUT2D eigenvalue weighted by Gasteiger charge is -2.02. The van der Waals surface area contributed by atoms with Gasteiger partial charge in [-0.05, 0) is 32.0 Å². The number of hydrogen-bond donors (Lipinski definition) is 1. The van der Waals surface area contributed by atoms with Crippen molar-refractivity contribution in [3.05, 3.63) is 47.5 Å². The van der Waals surface area contributed by atoms with Gasteiger partial charge in [0.05, 0.1) is 11.9 Å². The fraction of sp³-hybridized carbons (Fsp3) is 0.231. The summed E-state index contributed by atoms with van der Waals surface area (Å²) in [5.74, 6) is -0.226. The Kier molecular flexibility index (Phi) is 4.02. The Morgan fingerprint density at radius 2 is 2.26 bits per heavy atom. The van der Waals surface area contributed by atoms with Gasteiger partial charge in [0.25, 0.3) is 5.91 Å². The van der Waals surface area contributed by atoms with Crippen LogP contribution in [-0.4, -0.2) is 26.9 Å². The molecule has 0 bridgehead atoms. The molecule has 0 saturated heterocycles. The first kappa shape index (κ1) is 12.9. The molecular formula is C13H15N5O. The number of aryl methyl sites for hydroxylation is 2. The van der Waals surface area contributed by atoms with Crippen molar-refractivity contribution < 1.29 is 4.79 Å². The highest BCUT2D eigenvalue weighted by Crippen LogP contribution is 1.96. The fourth-order valence-corrected chi connectivity index (χ4v) is 1.54. The third kappa shape index (κ3) is 3.74. The van der Waals surface area contributed by atoms with E-state index >= 15 is 0 Å². The number of hydrogen-bond acceptors (Lipinski definition) is 4. The number of carbonyl (C=O) groups excluding carboxylic acids is 1. The van der Waals surface area contributed by atoms with Crippen LogP contribution in [0.5, 0.6) is 0 Å². The van der Waals surface area contributed by atoms with Crippen LogP contribution in [0.25, 0.3) is 0 Å². The minimum Gasteiger partial charge on any atom is -0.271 e. The van der Waals surface area contributed by atoms with Crippen molar-refractivity contribution in [1.29, 1.82) is 0 Å². The smallest absolute Gasteiger partial charge is 0.261 e. The summed E-state index contributed by atoms with van der Waals surface area (Å²) in [6.45, 7) is 3.94. The molecule has 98 valence electrons. The second kappa shape index (κ2) is 5.90. The Morgan fingerprint density at radius 1 is 1.42 bits per heavy atom. The SMILES string of the molecule is Cc1cccc(C=NNC(=O)Cn2nccc2C)n1. The first-order chi connectivity index (χ1) is 9.15. The van der Waals surface area contributed by atoms with Crippen molar-refractivity contribution in [3.8, 4) is 0 Å². The van der Waals surface area contributed by atoms with Gasteiger partial charge in [-0.15, -0.1) is 0 Å². The quantitative estimate of drug-likeness (QED) is 0.657. The van der Waals surface area contributed by atoms with Crippen molar-refractivity contribution in [3.63, 3.8) is 0 Å². The third-order valence-corrected chi connectivity index (χ3v) is 2.52. The highest BCUT2D eigenvalue weighted by molar-refractivity contribution is 5.80. The Labute approximate surface area is 111 Å². The van der Waals surface area contributed by atoms with Gasteiger partial charge in [-0.1, -0.05) is 6.07 Å². The zero-order valence-electron chi connectivity index (χ0n) is 10.9. The maximum absolute atomic E-state index is 11.6. The van der Waals surface area contributed by atoms with Crippen molar-refractivity contribution in [1.82, 2.24) is 20.2 Å². The minimum atomic E-state index is -0.226. The van der Waals surface area contributed by atoms with Gasteiger partial charge in [0, 0.05) is 17.6 Å². The van der Waals surface area contributed by atoms with E-state index in [0.29, 0.717) is 5.69 Å². The molecule has 0 atom stereocenters. The molecule has 0 aliphatic rings. The lowest BCUT2D eigenvalue weighted by Crippen LogP contribution is -2.24. The predicted octanol–water partition coefficient (Wildman–Crippen LogP) is 1.05. The standard InChI is InChI=1S/C13H15N5O/c1-10-4-3-5-12(16-10)8-14-17-13(19)9-18-11(2)6-7-15-18/h3-8H,9H2,1-2H3,(H,17,19). The van der Waals surface area contributed by atoms with Crippen molar-refractivity contribution in [2.24, 2.45) is 5.10 Å². The van der Waals surface area contributed by atoms with Gasteiger partial charge < -0.3 is 0 Å². The molecule has 2 aromatic rings. The van der Waals surface area contributed by atoms with E-state index < -0.39 is 0 Å². The van der Waals surface area contributed by atoms with Gasteiger partial charge in [-0.3, -0.25) is 14.5 Å². The first-order valence-corrected chi connectivity index (χ1v) is 5.89. The molecule has 2 rings (SSSR count). The van der Waals surface area contributed by atoms with Crippen LogP contribution in [0.3, 0.4) is 0 Å². The van der Waals surface area contributed by atoms with Gasteiger partial charge in [0.1, 0.15) is 6.54 Å². The van der Waals surface area contributed by atoms with Gasteiger partial charge >= 0.3 is 0 Å². The maximum atomic E-state index is 11.6. The summed E-state index contributed by atoms with van der Waals surface area (Å²) in [6, 6.07) is 7.45. The Morgan fingerprint density at radius 3 is 2.95 bits per heavy atom. The van der Waals surface area contributed by atoms with E-state index in [1.807, 2.05) is 38.1 Å². The molecule has 1 N–H and O–H groups in total. The molecule has 0 spiro atoms. The van der Waals surface area contributed by atoms with Gasteiger partial charge in [0.2, 0.25) is 0 Å². The second-order valence-electron chi connectivity index (χ2n) is 4.13. The van der Waals surface area contributed by atoms with Gasteiger partial charge in [-0.25, -0.2) is 5.43 Å². The molecule has 19 heavy (non-hydrogen) atoms. The van der Waals surface area contributed by atoms with Crippen LogP contribution in [0.4, 0.5) is 0 Å². The number of aromatic nitrogens is 3. The van der Waals surface area contributed by atoms with E-state index in [-0.39, 0.29) is 12.5 Å². The average molecular weight is 257 g/mol. The summed E-state index contributed by atoms with van der Waals surface area (Å²) < 4.78 is 1.61. The van der Waals surface area contributed by atoms with Crippen LogP contribution in [-0.2, 0) is 11.3 Å². The Hall–Kier alpha value is -2.50. The Balaban J connectivity index is 1.88. The monoisotopic (exact) mass is 257 g/mol. The van der Waals surface area contributed by atoms with Crippen molar-refractivity contribution in [2.45, 2.75) is 20.4 Å². The number of pyridine rings is 1. The first-order valence-electron chi connectivity index (χ1n) is 5.89. The maximum Gasteiger partial charge on any atom is 0.261 e. The topological polar surface area (TPSA) is 72.2 Å². The third-order valence-electron chi connectivity index (χ3n) is 2.52. The molecule has 6 nitrogen and oxygen atoms in total.